The summed E-state index contributed by atoms with van der Waals surface area (Å²) in [6.07, 6.45) is 4.80. The Labute approximate surface area is 239 Å². The largest absolute Gasteiger partial charge is 0.478 e. The van der Waals surface area contributed by atoms with Gasteiger partial charge in [0.2, 0.25) is 0 Å². The van der Waals surface area contributed by atoms with Crippen LogP contribution in [0.3, 0.4) is 0 Å². The molecule has 1 aromatic heterocycles. The van der Waals surface area contributed by atoms with Crippen molar-refractivity contribution in [2.75, 3.05) is 25.1 Å². The van der Waals surface area contributed by atoms with Gasteiger partial charge < -0.3 is 14.6 Å². The van der Waals surface area contributed by atoms with Gasteiger partial charge in [0.25, 0.3) is 5.91 Å². The predicted molar refractivity (Wildman–Crippen MR) is 151 cm³/mol. The van der Waals surface area contributed by atoms with Crippen molar-refractivity contribution < 1.29 is 28.6 Å². The molecule has 1 saturated heterocycles. The number of carbonyl (C=O) groups is 2. The number of nitrogens with zero attached hydrogens (tertiary/aromatic N) is 1. The molecule has 39 heavy (non-hydrogen) atoms. The van der Waals surface area contributed by atoms with Crippen molar-refractivity contribution in [3.8, 4) is 11.3 Å². The molecule has 7 nitrogen and oxygen atoms in total. The molecule has 0 saturated carbocycles. The number of nitrogens with one attached hydrogen (secondary N) is 1. The third-order valence-corrected chi connectivity index (χ3v) is 7.56. The molecule has 1 aliphatic rings. The van der Waals surface area contributed by atoms with Gasteiger partial charge in [-0.05, 0) is 62.4 Å². The van der Waals surface area contributed by atoms with Crippen LogP contribution in [0.4, 0.5) is 9.52 Å². The van der Waals surface area contributed by atoms with Gasteiger partial charge in [-0.2, -0.15) is 0 Å². The number of aromatic nitrogens is 1. The van der Waals surface area contributed by atoms with E-state index in [-0.39, 0.29) is 38.2 Å². The number of hydrogen-bond donors (Lipinski definition) is 2. The quantitative estimate of drug-likeness (QED) is 0.182. The normalized spacial score (nSPS) is 15.5. The van der Waals surface area contributed by atoms with Crippen LogP contribution in [0, 0.1) is 5.82 Å². The Kier molecular flexibility index (Phi) is 10.1. The summed E-state index contributed by atoms with van der Waals surface area (Å²) in [5, 5.41) is 14.0. The number of amides is 1. The highest BCUT2D eigenvalue weighted by Crippen LogP contribution is 2.31. The lowest BCUT2D eigenvalue weighted by Crippen LogP contribution is -2.14. The Bertz CT molecular complexity index is 1370. The van der Waals surface area contributed by atoms with Gasteiger partial charge in [0.1, 0.15) is 5.82 Å². The highest BCUT2D eigenvalue weighted by molar-refractivity contribution is 7.14. The molecule has 1 atom stereocenters. The minimum absolute atomic E-state index is 0.0466. The van der Waals surface area contributed by atoms with Gasteiger partial charge in [0.15, 0.2) is 5.13 Å². The summed E-state index contributed by atoms with van der Waals surface area (Å²) >= 11 is 13.7. The summed E-state index contributed by atoms with van der Waals surface area (Å²) in [4.78, 5) is 28.3. The van der Waals surface area contributed by atoms with Crippen LogP contribution < -0.4 is 5.32 Å². The molecule has 2 heterocycles. The van der Waals surface area contributed by atoms with Gasteiger partial charge in [-0.15, -0.1) is 11.3 Å². The maximum absolute atomic E-state index is 15.3. The first-order valence-corrected chi connectivity index (χ1v) is 14.0. The lowest BCUT2D eigenvalue weighted by Gasteiger charge is -2.10. The second-order valence-electron chi connectivity index (χ2n) is 9.07. The van der Waals surface area contributed by atoms with Crippen molar-refractivity contribution in [3.05, 3.63) is 73.8 Å². The Morgan fingerprint density at radius 1 is 1.31 bits per heavy atom. The van der Waals surface area contributed by atoms with Crippen molar-refractivity contribution in [2.24, 2.45) is 0 Å². The van der Waals surface area contributed by atoms with Crippen molar-refractivity contribution in [2.45, 2.75) is 38.7 Å². The van der Waals surface area contributed by atoms with E-state index >= 15 is 4.39 Å². The minimum Gasteiger partial charge on any atom is -0.478 e. The van der Waals surface area contributed by atoms with Gasteiger partial charge in [-0.25, -0.2) is 14.2 Å². The number of aliphatic carboxylic acids is 1. The van der Waals surface area contributed by atoms with E-state index in [0.29, 0.717) is 48.4 Å². The Morgan fingerprint density at radius 3 is 2.77 bits per heavy atom. The second kappa shape index (κ2) is 13.5. The van der Waals surface area contributed by atoms with Gasteiger partial charge in [0, 0.05) is 40.9 Å². The molecule has 4 rings (SSSR count). The molecule has 0 aliphatic carbocycles. The van der Waals surface area contributed by atoms with Crippen LogP contribution in [0.1, 0.15) is 47.7 Å². The summed E-state index contributed by atoms with van der Waals surface area (Å²) < 4.78 is 26.5. The van der Waals surface area contributed by atoms with E-state index in [2.05, 4.69) is 10.3 Å². The topological polar surface area (TPSA) is 97.8 Å². The molecule has 1 fully saturated rings. The monoisotopic (exact) mass is 592 g/mol. The lowest BCUT2D eigenvalue weighted by molar-refractivity contribution is -0.132. The van der Waals surface area contributed by atoms with Crippen LogP contribution in [0.25, 0.3) is 17.3 Å². The number of anilines is 1. The first-order valence-electron chi connectivity index (χ1n) is 12.4. The fourth-order valence-corrected chi connectivity index (χ4v) is 5.38. The number of thiazole rings is 1. The molecule has 1 aliphatic heterocycles. The molecule has 206 valence electrons. The van der Waals surface area contributed by atoms with Crippen molar-refractivity contribution in [1.29, 1.82) is 0 Å². The third-order valence-electron chi connectivity index (χ3n) is 6.18. The zero-order chi connectivity index (χ0) is 27.9. The summed E-state index contributed by atoms with van der Waals surface area (Å²) in [6.45, 7) is 3.30. The van der Waals surface area contributed by atoms with E-state index in [9.17, 15) is 9.59 Å². The zero-order valence-electron chi connectivity index (χ0n) is 21.1. The molecule has 0 spiro atoms. The number of aryl methyl sites for hydroxylation is 1. The number of carboxylic acid groups (broad SMARTS) is 1. The van der Waals surface area contributed by atoms with Gasteiger partial charge in [-0.3, -0.25) is 10.1 Å². The highest BCUT2D eigenvalue weighted by Gasteiger charge is 2.18. The molecule has 1 amide bonds. The minimum atomic E-state index is -1.11. The van der Waals surface area contributed by atoms with E-state index in [0.717, 1.165) is 30.8 Å². The van der Waals surface area contributed by atoms with E-state index in [1.165, 1.54) is 25.1 Å². The second-order valence-corrected chi connectivity index (χ2v) is 10.7. The molecule has 1 unspecified atom stereocenters. The number of benzene rings is 2. The smallest absolute Gasteiger partial charge is 0.331 e. The Balaban J connectivity index is 1.38. The molecule has 11 heteroatoms. The van der Waals surface area contributed by atoms with E-state index in [1.54, 1.807) is 23.6 Å². The number of rotatable bonds is 11. The summed E-state index contributed by atoms with van der Waals surface area (Å²) in [5.74, 6) is -1.97. The molecule has 2 aromatic carbocycles. The van der Waals surface area contributed by atoms with Crippen LogP contribution in [0.15, 0.2) is 41.3 Å². The highest BCUT2D eigenvalue weighted by atomic mass is 35.5. The van der Waals surface area contributed by atoms with Crippen molar-refractivity contribution in [1.82, 2.24) is 4.98 Å². The summed E-state index contributed by atoms with van der Waals surface area (Å²) in [7, 11) is 0. The summed E-state index contributed by atoms with van der Waals surface area (Å²) in [6, 6.07) is 7.97. The maximum Gasteiger partial charge on any atom is 0.331 e. The molecule has 0 bridgehead atoms. The van der Waals surface area contributed by atoms with Crippen molar-refractivity contribution >= 4 is 57.6 Å². The number of halogens is 3. The SMILES string of the molecule is CC(=Cc1c(Cl)cc(C(=O)Nc2nc(-c3cccc(CCCOCC4CCCO4)c3F)cs2)cc1Cl)C(=O)O. The average molecular weight is 594 g/mol. The number of carboxylic acids is 1. The fourth-order valence-electron chi connectivity index (χ4n) is 4.08. The molecular weight excluding hydrogens is 566 g/mol. The maximum atomic E-state index is 15.3. The van der Waals surface area contributed by atoms with Crippen LogP contribution >= 0.6 is 34.5 Å². The first-order chi connectivity index (χ1) is 18.7. The predicted octanol–water partition coefficient (Wildman–Crippen LogP) is 7.12. The van der Waals surface area contributed by atoms with E-state index in [1.807, 2.05) is 0 Å². The number of hydrogen-bond acceptors (Lipinski definition) is 6. The Morgan fingerprint density at radius 2 is 2.08 bits per heavy atom. The zero-order valence-corrected chi connectivity index (χ0v) is 23.5. The van der Waals surface area contributed by atoms with Crippen LogP contribution in [0.2, 0.25) is 10.0 Å². The van der Waals surface area contributed by atoms with E-state index < -0.39 is 11.9 Å². The standard InChI is InChI=1S/C28H27Cl2FN2O5S/c1-16(27(35)36)11-21-22(29)12-18(13-23(21)30)26(34)33-28-32-24(15-39-28)20-8-2-5-17(25(20)31)6-3-9-37-14-19-7-4-10-38-19/h2,5,8,11-13,15,19H,3-4,6-7,9-10,14H2,1H3,(H,35,36)(H,32,33,34). The first kappa shape index (κ1) is 29.2. The van der Waals surface area contributed by atoms with Gasteiger partial charge >= 0.3 is 5.97 Å². The molecular formula is C28H27Cl2FN2O5S. The Hall–Kier alpha value is -2.82. The van der Waals surface area contributed by atoms with Crippen LogP contribution in [-0.2, 0) is 20.7 Å². The third kappa shape index (κ3) is 7.64. The van der Waals surface area contributed by atoms with Crippen molar-refractivity contribution in [3.63, 3.8) is 0 Å². The average Bonchev–Trinajstić information content (AvgIpc) is 3.59. The summed E-state index contributed by atoms with van der Waals surface area (Å²) in [5.41, 5.74) is 1.84. The van der Waals surface area contributed by atoms with Crippen LogP contribution in [-0.4, -0.2) is 47.9 Å². The number of ether oxygens (including phenoxy) is 2. The fraction of sp³-hybridized carbons (Fsp3) is 0.321. The molecule has 0 radical (unpaired) electrons. The molecule has 2 N–H and O–H groups in total. The van der Waals surface area contributed by atoms with Crippen LogP contribution in [0.5, 0.6) is 0 Å². The molecule has 3 aromatic rings. The lowest BCUT2D eigenvalue weighted by atomic mass is 10.0. The van der Waals surface area contributed by atoms with Gasteiger partial charge in [0.05, 0.1) is 28.5 Å². The van der Waals surface area contributed by atoms with E-state index in [4.69, 9.17) is 37.8 Å². The van der Waals surface area contributed by atoms with Gasteiger partial charge in [-0.1, -0.05) is 35.3 Å². The number of carbonyl (C=O) groups excluding carboxylic acids is 1.